The van der Waals surface area contributed by atoms with Gasteiger partial charge in [-0.15, -0.1) is 0 Å². The van der Waals surface area contributed by atoms with Crippen LogP contribution in [0.15, 0.2) is 36.4 Å². The smallest absolute Gasteiger partial charge is 0.339 e. The minimum Gasteiger partial charge on any atom is -0.462 e. The maximum Gasteiger partial charge on any atom is 0.339 e. The number of carbonyl (C=O) groups excluding carboxylic acids is 2. The molecule has 0 heterocycles. The van der Waals surface area contributed by atoms with Gasteiger partial charge in [-0.3, -0.25) is 4.79 Å². The van der Waals surface area contributed by atoms with Crippen LogP contribution in [0, 0.1) is 3.57 Å². The lowest BCUT2D eigenvalue weighted by Crippen LogP contribution is -2.08. The Hall–Kier alpha value is -1.17. The lowest BCUT2D eigenvalue weighted by Gasteiger charge is -2.05. The van der Waals surface area contributed by atoms with Gasteiger partial charge < -0.3 is 4.74 Å². The number of carbonyl (C=O) groups is 2. The molecule has 1 aromatic carbocycles. The van der Waals surface area contributed by atoms with E-state index in [1.165, 1.54) is 6.08 Å². The first kappa shape index (κ1) is 14.9. The van der Waals surface area contributed by atoms with Gasteiger partial charge in [0.05, 0.1) is 12.2 Å². The van der Waals surface area contributed by atoms with Crippen molar-refractivity contribution < 1.29 is 14.3 Å². The maximum absolute atomic E-state index is 11.7. The zero-order chi connectivity index (χ0) is 13.2. The first-order valence-electron chi connectivity index (χ1n) is 5.77. The SMILES string of the molecule is O=C/C=C/CCCCOC(=O)c1ccccc1I. The van der Waals surface area contributed by atoms with Gasteiger partial charge in [-0.25, -0.2) is 4.79 Å². The van der Waals surface area contributed by atoms with Crippen molar-refractivity contribution in [3.8, 4) is 0 Å². The van der Waals surface area contributed by atoms with Crippen LogP contribution < -0.4 is 0 Å². The van der Waals surface area contributed by atoms with Crippen molar-refractivity contribution in [1.82, 2.24) is 0 Å². The van der Waals surface area contributed by atoms with Crippen LogP contribution >= 0.6 is 22.6 Å². The molecule has 0 aliphatic carbocycles. The van der Waals surface area contributed by atoms with Gasteiger partial charge in [0.2, 0.25) is 0 Å². The summed E-state index contributed by atoms with van der Waals surface area (Å²) in [4.78, 5) is 21.7. The number of ether oxygens (including phenoxy) is 1. The van der Waals surface area contributed by atoms with Crippen LogP contribution in [0.4, 0.5) is 0 Å². The molecular formula is C14H15IO3. The monoisotopic (exact) mass is 358 g/mol. The average molecular weight is 358 g/mol. The standard InChI is InChI=1S/C14H15IO3/c15-13-9-5-4-8-12(13)14(17)18-11-7-3-1-2-6-10-16/h2,4-6,8-10H,1,3,7,11H2/b6-2+. The molecule has 0 saturated carbocycles. The Kier molecular flexibility index (Phi) is 7.32. The number of halogens is 1. The summed E-state index contributed by atoms with van der Waals surface area (Å²) in [5.41, 5.74) is 0.610. The van der Waals surface area contributed by atoms with E-state index in [2.05, 4.69) is 22.6 Å². The highest BCUT2D eigenvalue weighted by Gasteiger charge is 2.09. The van der Waals surface area contributed by atoms with Crippen molar-refractivity contribution >= 4 is 34.8 Å². The fourth-order valence-electron chi connectivity index (χ4n) is 1.39. The Morgan fingerprint density at radius 2 is 2.06 bits per heavy atom. The molecule has 18 heavy (non-hydrogen) atoms. The summed E-state index contributed by atoms with van der Waals surface area (Å²) in [5, 5.41) is 0. The van der Waals surface area contributed by atoms with Gasteiger partial charge in [-0.1, -0.05) is 18.2 Å². The third-order valence-corrected chi connectivity index (χ3v) is 3.25. The maximum atomic E-state index is 11.7. The summed E-state index contributed by atoms with van der Waals surface area (Å²) in [6, 6.07) is 7.35. The Balaban J connectivity index is 2.24. The first-order chi connectivity index (χ1) is 8.75. The molecule has 1 aromatic rings. The second-order valence-corrected chi connectivity index (χ2v) is 4.84. The topological polar surface area (TPSA) is 43.4 Å². The lowest BCUT2D eigenvalue weighted by molar-refractivity contribution is -0.104. The van der Waals surface area contributed by atoms with E-state index in [1.807, 2.05) is 24.3 Å². The predicted octanol–water partition coefficient (Wildman–Crippen LogP) is 3.37. The van der Waals surface area contributed by atoms with E-state index in [1.54, 1.807) is 6.07 Å². The Labute approximate surface area is 120 Å². The second-order valence-electron chi connectivity index (χ2n) is 3.68. The van der Waals surface area contributed by atoms with Crippen LogP contribution in [-0.2, 0) is 9.53 Å². The fraction of sp³-hybridized carbons (Fsp3) is 0.286. The quantitative estimate of drug-likeness (QED) is 0.247. The molecule has 1 rings (SSSR count). The number of benzene rings is 1. The van der Waals surface area contributed by atoms with Crippen molar-refractivity contribution in [1.29, 1.82) is 0 Å². The van der Waals surface area contributed by atoms with Crippen LogP contribution in [0.5, 0.6) is 0 Å². The highest BCUT2D eigenvalue weighted by molar-refractivity contribution is 14.1. The first-order valence-corrected chi connectivity index (χ1v) is 6.85. The van der Waals surface area contributed by atoms with E-state index < -0.39 is 0 Å². The van der Waals surface area contributed by atoms with Gasteiger partial charge in [0, 0.05) is 3.57 Å². The van der Waals surface area contributed by atoms with Crippen molar-refractivity contribution in [3.05, 3.63) is 45.6 Å². The number of esters is 1. The zero-order valence-corrected chi connectivity index (χ0v) is 12.1. The molecule has 0 spiro atoms. The third kappa shape index (κ3) is 5.44. The van der Waals surface area contributed by atoms with Crippen LogP contribution in [-0.4, -0.2) is 18.9 Å². The molecule has 0 atom stereocenters. The van der Waals surface area contributed by atoms with Crippen LogP contribution in [0.25, 0.3) is 0 Å². The molecule has 0 fully saturated rings. The highest BCUT2D eigenvalue weighted by atomic mass is 127. The molecule has 0 unspecified atom stereocenters. The summed E-state index contributed by atoms with van der Waals surface area (Å²) in [6.07, 6.45) is 6.60. The normalized spacial score (nSPS) is 10.5. The summed E-state index contributed by atoms with van der Waals surface area (Å²) in [6.45, 7) is 0.415. The molecule has 3 nitrogen and oxygen atoms in total. The molecular weight excluding hydrogens is 343 g/mol. The van der Waals surface area contributed by atoms with E-state index in [4.69, 9.17) is 4.74 Å². The highest BCUT2D eigenvalue weighted by Crippen LogP contribution is 2.12. The van der Waals surface area contributed by atoms with Gasteiger partial charge in [-0.05, 0) is 60.1 Å². The van der Waals surface area contributed by atoms with Crippen molar-refractivity contribution in [3.63, 3.8) is 0 Å². The minimum absolute atomic E-state index is 0.275. The van der Waals surface area contributed by atoms with E-state index >= 15 is 0 Å². The molecule has 0 radical (unpaired) electrons. The second kappa shape index (κ2) is 8.85. The zero-order valence-electron chi connectivity index (χ0n) is 9.97. The molecule has 0 aromatic heterocycles. The molecule has 0 amide bonds. The molecule has 0 bridgehead atoms. The number of rotatable bonds is 7. The van der Waals surface area contributed by atoms with Crippen LogP contribution in [0.2, 0.25) is 0 Å². The van der Waals surface area contributed by atoms with Gasteiger partial charge in [-0.2, -0.15) is 0 Å². The summed E-state index contributed by atoms with van der Waals surface area (Å²) < 4.78 is 6.08. The van der Waals surface area contributed by atoms with Crippen molar-refractivity contribution in [2.24, 2.45) is 0 Å². The average Bonchev–Trinajstić information content (AvgIpc) is 2.38. The number of hydrogen-bond donors (Lipinski definition) is 0. The van der Waals surface area contributed by atoms with Crippen molar-refractivity contribution in [2.75, 3.05) is 6.61 Å². The van der Waals surface area contributed by atoms with E-state index in [0.29, 0.717) is 12.2 Å². The Morgan fingerprint density at radius 1 is 1.28 bits per heavy atom. The molecule has 96 valence electrons. The van der Waals surface area contributed by atoms with Crippen LogP contribution in [0.3, 0.4) is 0 Å². The number of aldehydes is 1. The summed E-state index contributed by atoms with van der Waals surface area (Å²) >= 11 is 2.12. The number of unbranched alkanes of at least 4 members (excludes halogenated alkanes) is 2. The molecule has 0 saturated heterocycles. The largest absolute Gasteiger partial charge is 0.462 e. The molecule has 0 aliphatic heterocycles. The van der Waals surface area contributed by atoms with Gasteiger partial charge in [0.15, 0.2) is 0 Å². The predicted molar refractivity (Wildman–Crippen MR) is 78.5 cm³/mol. The number of allylic oxidation sites excluding steroid dienone is 2. The minimum atomic E-state index is -0.275. The number of hydrogen-bond acceptors (Lipinski definition) is 3. The van der Waals surface area contributed by atoms with Gasteiger partial charge in [0.1, 0.15) is 6.29 Å². The van der Waals surface area contributed by atoms with E-state index in [0.717, 1.165) is 29.1 Å². The summed E-state index contributed by atoms with van der Waals surface area (Å²) in [7, 11) is 0. The lowest BCUT2D eigenvalue weighted by atomic mass is 10.2. The van der Waals surface area contributed by atoms with Gasteiger partial charge >= 0.3 is 5.97 Å². The Morgan fingerprint density at radius 3 is 2.78 bits per heavy atom. The fourth-order valence-corrected chi connectivity index (χ4v) is 1.99. The van der Waals surface area contributed by atoms with Crippen molar-refractivity contribution in [2.45, 2.75) is 19.3 Å². The Bertz CT molecular complexity index is 427. The molecule has 4 heteroatoms. The third-order valence-electron chi connectivity index (χ3n) is 2.31. The molecule has 0 N–H and O–H groups in total. The molecule has 0 aliphatic rings. The van der Waals surface area contributed by atoms with E-state index in [9.17, 15) is 9.59 Å². The van der Waals surface area contributed by atoms with Gasteiger partial charge in [0.25, 0.3) is 0 Å². The summed E-state index contributed by atoms with van der Waals surface area (Å²) in [5.74, 6) is -0.275. The van der Waals surface area contributed by atoms with Crippen LogP contribution in [0.1, 0.15) is 29.6 Å². The van der Waals surface area contributed by atoms with E-state index in [-0.39, 0.29) is 5.97 Å².